The second kappa shape index (κ2) is 8.87. The molecule has 0 aliphatic carbocycles. The quantitative estimate of drug-likeness (QED) is 0.780. The Morgan fingerprint density at radius 2 is 1.57 bits per heavy atom. The molecule has 0 saturated carbocycles. The Morgan fingerprint density at radius 1 is 1.00 bits per heavy atom. The summed E-state index contributed by atoms with van der Waals surface area (Å²) in [6, 6.07) is 8.14. The summed E-state index contributed by atoms with van der Waals surface area (Å²) in [4.78, 5) is 36.4. The van der Waals surface area contributed by atoms with E-state index < -0.39 is 11.2 Å². The van der Waals surface area contributed by atoms with Gasteiger partial charge in [0.2, 0.25) is 5.91 Å². The molecule has 1 atom stereocenters. The second-order valence-electron chi connectivity index (χ2n) is 7.73. The van der Waals surface area contributed by atoms with Gasteiger partial charge in [-0.05, 0) is 29.0 Å². The zero-order valence-corrected chi connectivity index (χ0v) is 17.4. The van der Waals surface area contributed by atoms with Crippen LogP contribution in [0.4, 0.5) is 0 Å². The number of nitrogens with zero attached hydrogens (tertiary/aromatic N) is 2. The van der Waals surface area contributed by atoms with Crippen LogP contribution >= 0.6 is 0 Å². The summed E-state index contributed by atoms with van der Waals surface area (Å²) in [5, 5.41) is 3.01. The topological polar surface area (TPSA) is 73.1 Å². The first-order valence-electron chi connectivity index (χ1n) is 9.47. The zero-order valence-electron chi connectivity index (χ0n) is 17.4. The largest absolute Gasteiger partial charge is 0.345 e. The van der Waals surface area contributed by atoms with Crippen molar-refractivity contribution in [3.8, 4) is 0 Å². The Morgan fingerprint density at radius 3 is 2.11 bits per heavy atom. The minimum absolute atomic E-state index is 0.138. The molecule has 2 aromatic rings. The SMILES string of the molecule is CC(C)c1ccc(C(NC(=O)/C=C/c2cn(C)c(=O)n(C)c2=O)C(C)C)cc1. The molecule has 150 valence electrons. The van der Waals surface area contributed by atoms with Crippen molar-refractivity contribution >= 4 is 12.0 Å². The van der Waals surface area contributed by atoms with Crippen LogP contribution in [-0.2, 0) is 18.9 Å². The van der Waals surface area contributed by atoms with E-state index in [0.29, 0.717) is 5.92 Å². The molecule has 0 aliphatic heterocycles. The summed E-state index contributed by atoms with van der Waals surface area (Å²) in [6.07, 6.45) is 4.20. The predicted octanol–water partition coefficient (Wildman–Crippen LogP) is 2.73. The van der Waals surface area contributed by atoms with Gasteiger partial charge in [0.25, 0.3) is 5.56 Å². The van der Waals surface area contributed by atoms with Gasteiger partial charge in [0, 0.05) is 26.4 Å². The van der Waals surface area contributed by atoms with Gasteiger partial charge in [0.1, 0.15) is 0 Å². The smallest absolute Gasteiger partial charge is 0.330 e. The van der Waals surface area contributed by atoms with E-state index in [1.807, 2.05) is 26.0 Å². The van der Waals surface area contributed by atoms with Crippen molar-refractivity contribution < 1.29 is 4.79 Å². The van der Waals surface area contributed by atoms with Crippen LogP contribution in [0.1, 0.15) is 56.3 Å². The van der Waals surface area contributed by atoms with Crippen LogP contribution in [0.3, 0.4) is 0 Å². The van der Waals surface area contributed by atoms with Crippen molar-refractivity contribution in [1.82, 2.24) is 14.5 Å². The van der Waals surface area contributed by atoms with Gasteiger partial charge in [0.15, 0.2) is 0 Å². The van der Waals surface area contributed by atoms with E-state index in [1.165, 1.54) is 35.5 Å². The lowest BCUT2D eigenvalue weighted by molar-refractivity contribution is -0.117. The molecule has 0 bridgehead atoms. The number of aromatic nitrogens is 2. The first kappa shape index (κ1) is 21.4. The highest BCUT2D eigenvalue weighted by molar-refractivity contribution is 5.91. The maximum absolute atomic E-state index is 12.5. The molecule has 1 aromatic heterocycles. The maximum Gasteiger partial charge on any atom is 0.330 e. The second-order valence-corrected chi connectivity index (χ2v) is 7.73. The molecule has 6 heteroatoms. The van der Waals surface area contributed by atoms with E-state index >= 15 is 0 Å². The number of carbonyl (C=O) groups is 1. The normalized spacial score (nSPS) is 12.7. The maximum atomic E-state index is 12.5. The van der Waals surface area contributed by atoms with Crippen LogP contribution < -0.4 is 16.6 Å². The number of hydrogen-bond acceptors (Lipinski definition) is 3. The number of aryl methyl sites for hydroxylation is 1. The van der Waals surface area contributed by atoms with Gasteiger partial charge in [-0.15, -0.1) is 0 Å². The molecule has 0 aliphatic rings. The molecule has 0 fully saturated rings. The molecule has 1 amide bonds. The Hall–Kier alpha value is -2.89. The molecule has 1 unspecified atom stereocenters. The van der Waals surface area contributed by atoms with Crippen molar-refractivity contribution in [2.24, 2.45) is 20.0 Å². The Labute approximate surface area is 165 Å². The lowest BCUT2D eigenvalue weighted by Gasteiger charge is -2.23. The monoisotopic (exact) mass is 383 g/mol. The highest BCUT2D eigenvalue weighted by atomic mass is 16.2. The van der Waals surface area contributed by atoms with Crippen molar-refractivity contribution in [2.75, 3.05) is 0 Å². The molecule has 1 aromatic carbocycles. The van der Waals surface area contributed by atoms with Gasteiger partial charge >= 0.3 is 5.69 Å². The van der Waals surface area contributed by atoms with Gasteiger partial charge in [0.05, 0.1) is 11.6 Å². The van der Waals surface area contributed by atoms with Crippen LogP contribution in [0.2, 0.25) is 0 Å². The van der Waals surface area contributed by atoms with Gasteiger partial charge in [-0.3, -0.25) is 14.2 Å². The van der Waals surface area contributed by atoms with Gasteiger partial charge in [-0.1, -0.05) is 52.0 Å². The summed E-state index contributed by atoms with van der Waals surface area (Å²) < 4.78 is 2.33. The minimum atomic E-state index is -0.433. The fourth-order valence-electron chi connectivity index (χ4n) is 3.04. The molecule has 0 spiro atoms. The Kier molecular flexibility index (Phi) is 6.78. The van der Waals surface area contributed by atoms with Crippen molar-refractivity contribution in [2.45, 2.75) is 39.7 Å². The number of nitrogens with one attached hydrogen (secondary N) is 1. The standard InChI is InChI=1S/C22H29N3O3/c1-14(2)16-7-9-17(10-8-16)20(15(3)4)23-19(26)12-11-18-13-24(5)22(28)25(6)21(18)27/h7-15,20H,1-6H3,(H,23,26)/b12-11+. The highest BCUT2D eigenvalue weighted by Gasteiger charge is 2.17. The average molecular weight is 383 g/mol. The first-order chi connectivity index (χ1) is 13.1. The third-order valence-electron chi connectivity index (χ3n) is 4.81. The lowest BCUT2D eigenvalue weighted by Crippen LogP contribution is -2.37. The fourth-order valence-corrected chi connectivity index (χ4v) is 3.04. The van der Waals surface area contributed by atoms with E-state index in [1.54, 1.807) is 7.05 Å². The summed E-state index contributed by atoms with van der Waals surface area (Å²) in [7, 11) is 2.98. The summed E-state index contributed by atoms with van der Waals surface area (Å²) >= 11 is 0. The van der Waals surface area contributed by atoms with Crippen LogP contribution in [0.25, 0.3) is 6.08 Å². The molecule has 1 N–H and O–H groups in total. The fraction of sp³-hybridized carbons (Fsp3) is 0.409. The molecular formula is C22H29N3O3. The van der Waals surface area contributed by atoms with E-state index in [4.69, 9.17) is 0 Å². The number of benzene rings is 1. The van der Waals surface area contributed by atoms with Crippen molar-refractivity contribution in [1.29, 1.82) is 0 Å². The number of carbonyl (C=O) groups excluding carboxylic acids is 1. The third kappa shape index (κ3) is 4.88. The molecule has 28 heavy (non-hydrogen) atoms. The van der Waals surface area contributed by atoms with E-state index in [0.717, 1.165) is 10.1 Å². The van der Waals surface area contributed by atoms with Gasteiger partial charge in [-0.2, -0.15) is 0 Å². The van der Waals surface area contributed by atoms with E-state index in [2.05, 4.69) is 31.3 Å². The third-order valence-corrected chi connectivity index (χ3v) is 4.81. The summed E-state index contributed by atoms with van der Waals surface area (Å²) in [6.45, 7) is 8.39. The highest BCUT2D eigenvalue weighted by Crippen LogP contribution is 2.24. The molecule has 0 radical (unpaired) electrons. The molecule has 1 heterocycles. The number of hydrogen-bond donors (Lipinski definition) is 1. The van der Waals surface area contributed by atoms with Gasteiger partial charge in [-0.25, -0.2) is 4.79 Å². The van der Waals surface area contributed by atoms with Crippen LogP contribution in [0, 0.1) is 5.92 Å². The Balaban J connectivity index is 2.20. The van der Waals surface area contributed by atoms with E-state index in [-0.39, 0.29) is 23.4 Å². The van der Waals surface area contributed by atoms with Crippen LogP contribution in [0.5, 0.6) is 0 Å². The predicted molar refractivity (Wildman–Crippen MR) is 112 cm³/mol. The number of amides is 1. The molecular weight excluding hydrogens is 354 g/mol. The molecule has 6 nitrogen and oxygen atoms in total. The summed E-state index contributed by atoms with van der Waals surface area (Å²) in [5.41, 5.74) is 1.73. The van der Waals surface area contributed by atoms with Crippen molar-refractivity contribution in [3.63, 3.8) is 0 Å². The average Bonchev–Trinajstić information content (AvgIpc) is 2.66. The summed E-state index contributed by atoms with van der Waals surface area (Å²) in [5.74, 6) is 0.365. The van der Waals surface area contributed by atoms with Crippen LogP contribution in [-0.4, -0.2) is 15.0 Å². The Bertz CT molecular complexity index is 980. The lowest BCUT2D eigenvalue weighted by atomic mass is 9.93. The number of rotatable bonds is 6. The van der Waals surface area contributed by atoms with Crippen molar-refractivity contribution in [3.05, 3.63) is 74.1 Å². The van der Waals surface area contributed by atoms with Gasteiger partial charge < -0.3 is 9.88 Å². The van der Waals surface area contributed by atoms with Crippen LogP contribution in [0.15, 0.2) is 46.1 Å². The molecule has 0 saturated heterocycles. The van der Waals surface area contributed by atoms with E-state index in [9.17, 15) is 14.4 Å². The first-order valence-corrected chi connectivity index (χ1v) is 9.47. The molecule has 2 rings (SSSR count). The zero-order chi connectivity index (χ0) is 21.0. The minimum Gasteiger partial charge on any atom is -0.345 e.